The first-order chi connectivity index (χ1) is 6.65. The zero-order valence-electron chi connectivity index (χ0n) is 9.83. The molecule has 0 aliphatic heterocycles. The van der Waals surface area contributed by atoms with Gasteiger partial charge < -0.3 is 10.5 Å². The highest BCUT2D eigenvalue weighted by molar-refractivity contribution is 4.88. The molecule has 14 heavy (non-hydrogen) atoms. The van der Waals surface area contributed by atoms with E-state index in [1.54, 1.807) is 0 Å². The van der Waals surface area contributed by atoms with E-state index in [1.165, 1.54) is 19.3 Å². The summed E-state index contributed by atoms with van der Waals surface area (Å²) in [6.07, 6.45) is 5.30. The van der Waals surface area contributed by atoms with E-state index in [2.05, 4.69) is 20.8 Å². The van der Waals surface area contributed by atoms with Crippen molar-refractivity contribution in [2.75, 3.05) is 6.61 Å². The minimum Gasteiger partial charge on any atom is -0.377 e. The van der Waals surface area contributed by atoms with Crippen LogP contribution in [0, 0.1) is 11.8 Å². The van der Waals surface area contributed by atoms with Crippen molar-refractivity contribution in [3.63, 3.8) is 0 Å². The molecule has 1 fully saturated rings. The Bertz CT molecular complexity index is 154. The first-order valence-corrected chi connectivity index (χ1v) is 6.02. The Morgan fingerprint density at radius 3 is 2.36 bits per heavy atom. The van der Waals surface area contributed by atoms with Crippen molar-refractivity contribution in [3.05, 3.63) is 0 Å². The summed E-state index contributed by atoms with van der Waals surface area (Å²) in [7, 11) is 0. The minimum absolute atomic E-state index is 0.254. The first kappa shape index (κ1) is 12.0. The zero-order chi connectivity index (χ0) is 10.6. The van der Waals surface area contributed by atoms with E-state index in [9.17, 15) is 0 Å². The summed E-state index contributed by atoms with van der Waals surface area (Å²) in [4.78, 5) is 0. The molecule has 0 aromatic heterocycles. The maximum atomic E-state index is 6.17. The average Bonchev–Trinajstić information content (AvgIpc) is 2.93. The van der Waals surface area contributed by atoms with Crippen LogP contribution < -0.4 is 5.73 Å². The van der Waals surface area contributed by atoms with E-state index in [-0.39, 0.29) is 6.04 Å². The summed E-state index contributed by atoms with van der Waals surface area (Å²) in [6.45, 7) is 7.36. The third-order valence-corrected chi connectivity index (χ3v) is 2.95. The molecule has 0 radical (unpaired) electrons. The molecule has 2 atom stereocenters. The molecule has 1 rings (SSSR count). The maximum Gasteiger partial charge on any atom is 0.0753 e. The standard InChI is InChI=1S/C12H25NO/c1-4-14-12(10-6-7-10)11(13)8-5-9(2)3/h9-12H,4-8,13H2,1-3H3. The predicted octanol–water partition coefficient (Wildman–Crippen LogP) is 2.57. The van der Waals surface area contributed by atoms with Gasteiger partial charge in [0.15, 0.2) is 0 Å². The van der Waals surface area contributed by atoms with E-state index in [0.29, 0.717) is 6.10 Å². The Balaban J connectivity index is 2.26. The van der Waals surface area contributed by atoms with E-state index >= 15 is 0 Å². The van der Waals surface area contributed by atoms with Crippen molar-refractivity contribution >= 4 is 0 Å². The fraction of sp³-hybridized carbons (Fsp3) is 1.00. The molecule has 1 aliphatic rings. The van der Waals surface area contributed by atoms with Crippen LogP contribution in [-0.2, 0) is 4.74 Å². The van der Waals surface area contributed by atoms with Crippen LogP contribution in [0.4, 0.5) is 0 Å². The van der Waals surface area contributed by atoms with Gasteiger partial charge in [0.2, 0.25) is 0 Å². The molecule has 0 amide bonds. The van der Waals surface area contributed by atoms with Gasteiger partial charge in [0.05, 0.1) is 6.10 Å². The summed E-state index contributed by atoms with van der Waals surface area (Å²) in [6, 6.07) is 0.254. The Kier molecular flexibility index (Phi) is 4.90. The Labute approximate surface area is 88.2 Å². The lowest BCUT2D eigenvalue weighted by Crippen LogP contribution is -2.38. The number of hydrogen-bond donors (Lipinski definition) is 1. The van der Waals surface area contributed by atoms with Crippen LogP contribution in [0.15, 0.2) is 0 Å². The second kappa shape index (κ2) is 5.72. The van der Waals surface area contributed by atoms with Gasteiger partial charge >= 0.3 is 0 Å². The fourth-order valence-electron chi connectivity index (χ4n) is 1.92. The fourth-order valence-corrected chi connectivity index (χ4v) is 1.92. The molecule has 0 saturated heterocycles. The van der Waals surface area contributed by atoms with Crippen LogP contribution in [0.25, 0.3) is 0 Å². The van der Waals surface area contributed by atoms with Gasteiger partial charge in [0.1, 0.15) is 0 Å². The highest BCUT2D eigenvalue weighted by Gasteiger charge is 2.35. The monoisotopic (exact) mass is 199 g/mol. The second-order valence-electron chi connectivity index (χ2n) is 4.89. The molecule has 2 nitrogen and oxygen atoms in total. The van der Waals surface area contributed by atoms with Crippen LogP contribution in [0.1, 0.15) is 46.5 Å². The molecule has 0 aromatic rings. The highest BCUT2D eigenvalue weighted by atomic mass is 16.5. The highest BCUT2D eigenvalue weighted by Crippen LogP contribution is 2.36. The van der Waals surface area contributed by atoms with Gasteiger partial charge in [0.25, 0.3) is 0 Å². The molecule has 2 N–H and O–H groups in total. The number of rotatable bonds is 7. The quantitative estimate of drug-likeness (QED) is 0.684. The summed E-state index contributed by atoms with van der Waals surface area (Å²) in [5, 5.41) is 0. The van der Waals surface area contributed by atoms with Gasteiger partial charge in [-0.15, -0.1) is 0 Å². The molecule has 1 saturated carbocycles. The molecular weight excluding hydrogens is 174 g/mol. The Morgan fingerprint density at radius 2 is 1.93 bits per heavy atom. The van der Waals surface area contributed by atoms with Crippen molar-refractivity contribution in [3.8, 4) is 0 Å². The summed E-state index contributed by atoms with van der Waals surface area (Å²) in [5.74, 6) is 1.51. The van der Waals surface area contributed by atoms with Crippen molar-refractivity contribution in [1.82, 2.24) is 0 Å². The van der Waals surface area contributed by atoms with Gasteiger partial charge in [-0.25, -0.2) is 0 Å². The predicted molar refractivity (Wildman–Crippen MR) is 60.2 cm³/mol. The van der Waals surface area contributed by atoms with Crippen LogP contribution in [-0.4, -0.2) is 18.8 Å². The maximum absolute atomic E-state index is 6.17. The van der Waals surface area contributed by atoms with Crippen molar-refractivity contribution in [2.45, 2.75) is 58.6 Å². The number of nitrogens with two attached hydrogens (primary N) is 1. The van der Waals surface area contributed by atoms with Gasteiger partial charge in [0, 0.05) is 12.6 Å². The van der Waals surface area contributed by atoms with E-state index in [1.807, 2.05) is 0 Å². The summed E-state index contributed by atoms with van der Waals surface area (Å²) >= 11 is 0. The Morgan fingerprint density at radius 1 is 1.29 bits per heavy atom. The topological polar surface area (TPSA) is 35.2 Å². The van der Waals surface area contributed by atoms with Crippen LogP contribution in [0.5, 0.6) is 0 Å². The van der Waals surface area contributed by atoms with Crippen LogP contribution in [0.2, 0.25) is 0 Å². The van der Waals surface area contributed by atoms with E-state index in [0.717, 1.165) is 24.9 Å². The lowest BCUT2D eigenvalue weighted by molar-refractivity contribution is 0.0257. The van der Waals surface area contributed by atoms with Gasteiger partial charge in [-0.05, 0) is 44.4 Å². The molecule has 2 heteroatoms. The average molecular weight is 199 g/mol. The van der Waals surface area contributed by atoms with Crippen molar-refractivity contribution in [2.24, 2.45) is 17.6 Å². The zero-order valence-corrected chi connectivity index (χ0v) is 9.83. The smallest absolute Gasteiger partial charge is 0.0753 e. The Hall–Kier alpha value is -0.0800. The molecule has 84 valence electrons. The summed E-state index contributed by atoms with van der Waals surface area (Å²) in [5.41, 5.74) is 6.17. The molecule has 1 aliphatic carbocycles. The van der Waals surface area contributed by atoms with Gasteiger partial charge in [-0.2, -0.15) is 0 Å². The van der Waals surface area contributed by atoms with Crippen molar-refractivity contribution in [1.29, 1.82) is 0 Å². The van der Waals surface area contributed by atoms with Crippen molar-refractivity contribution < 1.29 is 4.74 Å². The molecular formula is C12H25NO. The van der Waals surface area contributed by atoms with Crippen LogP contribution >= 0.6 is 0 Å². The number of ether oxygens (including phenoxy) is 1. The van der Waals surface area contributed by atoms with Gasteiger partial charge in [-0.3, -0.25) is 0 Å². The lowest BCUT2D eigenvalue weighted by Gasteiger charge is -2.24. The third kappa shape index (κ3) is 3.97. The van der Waals surface area contributed by atoms with Crippen LogP contribution in [0.3, 0.4) is 0 Å². The molecule has 0 bridgehead atoms. The van der Waals surface area contributed by atoms with E-state index < -0.39 is 0 Å². The van der Waals surface area contributed by atoms with E-state index in [4.69, 9.17) is 10.5 Å². The third-order valence-electron chi connectivity index (χ3n) is 2.95. The minimum atomic E-state index is 0.254. The lowest BCUT2D eigenvalue weighted by atomic mass is 9.98. The molecule has 0 aromatic carbocycles. The first-order valence-electron chi connectivity index (χ1n) is 6.02. The SMILES string of the molecule is CCOC(C(N)CCC(C)C)C1CC1. The second-order valence-corrected chi connectivity index (χ2v) is 4.89. The van der Waals surface area contributed by atoms with Gasteiger partial charge in [-0.1, -0.05) is 13.8 Å². The largest absolute Gasteiger partial charge is 0.377 e. The molecule has 0 spiro atoms. The molecule has 2 unspecified atom stereocenters. The molecule has 0 heterocycles. The normalized spacial score (nSPS) is 21.2. The summed E-state index contributed by atoms with van der Waals surface area (Å²) < 4.78 is 5.73. The number of hydrogen-bond acceptors (Lipinski definition) is 2.